The zero-order valence-corrected chi connectivity index (χ0v) is 16.0. The summed E-state index contributed by atoms with van der Waals surface area (Å²) in [6.07, 6.45) is 1.45. The summed E-state index contributed by atoms with van der Waals surface area (Å²) >= 11 is 5.88. The van der Waals surface area contributed by atoms with E-state index in [2.05, 4.69) is 10.6 Å². The highest BCUT2D eigenvalue weighted by Gasteiger charge is 2.24. The molecule has 2 aromatic carbocycles. The van der Waals surface area contributed by atoms with Gasteiger partial charge in [-0.05, 0) is 49.2 Å². The van der Waals surface area contributed by atoms with E-state index in [1.165, 1.54) is 0 Å². The van der Waals surface area contributed by atoms with Crippen LogP contribution in [-0.4, -0.2) is 11.8 Å². The highest BCUT2D eigenvalue weighted by atomic mass is 35.5. The van der Waals surface area contributed by atoms with Crippen LogP contribution in [0.1, 0.15) is 37.2 Å². The molecule has 0 spiro atoms. The van der Waals surface area contributed by atoms with Crippen molar-refractivity contribution < 1.29 is 14.0 Å². The zero-order valence-electron chi connectivity index (χ0n) is 15.2. The summed E-state index contributed by atoms with van der Waals surface area (Å²) in [5.74, 6) is -0.600. The lowest BCUT2D eigenvalue weighted by Crippen LogP contribution is -2.23. The van der Waals surface area contributed by atoms with Crippen LogP contribution in [0.2, 0.25) is 5.02 Å². The molecule has 0 saturated carbocycles. The first kappa shape index (κ1) is 19.0. The van der Waals surface area contributed by atoms with Crippen molar-refractivity contribution >= 4 is 45.8 Å². The van der Waals surface area contributed by atoms with E-state index in [4.69, 9.17) is 16.0 Å². The minimum atomic E-state index is -0.437. The lowest BCUT2D eigenvalue weighted by molar-refractivity contribution is -0.120. The van der Waals surface area contributed by atoms with Gasteiger partial charge in [0.1, 0.15) is 11.3 Å². The predicted octanol–water partition coefficient (Wildman–Crippen LogP) is 5.71. The van der Waals surface area contributed by atoms with Crippen molar-refractivity contribution in [2.24, 2.45) is 5.92 Å². The van der Waals surface area contributed by atoms with Gasteiger partial charge in [0.05, 0.1) is 0 Å². The van der Waals surface area contributed by atoms with E-state index in [1.54, 1.807) is 30.3 Å². The Labute approximate surface area is 162 Å². The van der Waals surface area contributed by atoms with Crippen LogP contribution in [0.5, 0.6) is 0 Å². The van der Waals surface area contributed by atoms with Crippen molar-refractivity contribution in [1.29, 1.82) is 0 Å². The van der Waals surface area contributed by atoms with Gasteiger partial charge in [-0.15, -0.1) is 0 Å². The Bertz CT molecular complexity index is 959. The number of fused-ring (bicyclic) bond motifs is 1. The minimum Gasteiger partial charge on any atom is -0.449 e. The Morgan fingerprint density at radius 2 is 1.67 bits per heavy atom. The number of para-hydroxylation sites is 1. The van der Waals surface area contributed by atoms with E-state index in [9.17, 15) is 9.59 Å². The van der Waals surface area contributed by atoms with Crippen molar-refractivity contribution in [2.75, 3.05) is 10.6 Å². The number of anilines is 2. The van der Waals surface area contributed by atoms with Gasteiger partial charge in [-0.2, -0.15) is 0 Å². The molecule has 0 aliphatic heterocycles. The number of halogens is 1. The van der Waals surface area contributed by atoms with Crippen LogP contribution in [0.4, 0.5) is 11.4 Å². The molecule has 27 heavy (non-hydrogen) atoms. The maximum atomic E-state index is 12.8. The first-order chi connectivity index (χ1) is 13.0. The molecule has 2 N–H and O–H groups in total. The number of furan rings is 1. The molecular formula is C21H21ClN2O3. The predicted molar refractivity (Wildman–Crippen MR) is 108 cm³/mol. The Morgan fingerprint density at radius 3 is 2.33 bits per heavy atom. The molecule has 140 valence electrons. The molecule has 3 rings (SSSR count). The summed E-state index contributed by atoms with van der Waals surface area (Å²) in [6.45, 7) is 3.94. The van der Waals surface area contributed by atoms with Crippen molar-refractivity contribution in [2.45, 2.75) is 26.7 Å². The molecule has 1 heterocycles. The highest BCUT2D eigenvalue weighted by molar-refractivity contribution is 6.30. The smallest absolute Gasteiger partial charge is 0.293 e. The molecule has 2 amide bonds. The van der Waals surface area contributed by atoms with Gasteiger partial charge >= 0.3 is 0 Å². The molecule has 5 nitrogen and oxygen atoms in total. The number of amides is 2. The molecule has 0 radical (unpaired) electrons. The van der Waals surface area contributed by atoms with E-state index in [1.807, 2.05) is 32.0 Å². The first-order valence-corrected chi connectivity index (χ1v) is 9.30. The van der Waals surface area contributed by atoms with E-state index in [0.717, 1.165) is 12.8 Å². The van der Waals surface area contributed by atoms with Gasteiger partial charge in [0.25, 0.3) is 5.91 Å². The second-order valence-corrected chi connectivity index (χ2v) is 6.70. The third-order valence-electron chi connectivity index (χ3n) is 4.51. The maximum Gasteiger partial charge on any atom is 0.293 e. The van der Waals surface area contributed by atoms with Crippen LogP contribution in [0.25, 0.3) is 11.0 Å². The van der Waals surface area contributed by atoms with Gasteiger partial charge < -0.3 is 15.1 Å². The molecule has 0 atom stereocenters. The molecular weight excluding hydrogens is 364 g/mol. The van der Waals surface area contributed by atoms with Gasteiger partial charge in [-0.3, -0.25) is 9.59 Å². The number of carbonyl (C=O) groups is 2. The molecule has 1 aromatic heterocycles. The molecule has 0 bridgehead atoms. The summed E-state index contributed by atoms with van der Waals surface area (Å²) in [5.41, 5.74) is 1.52. The molecule has 3 aromatic rings. The quantitative estimate of drug-likeness (QED) is 0.571. The maximum absolute atomic E-state index is 12.8. The monoisotopic (exact) mass is 384 g/mol. The lowest BCUT2D eigenvalue weighted by Gasteiger charge is -2.13. The number of nitrogens with one attached hydrogen (secondary N) is 2. The van der Waals surface area contributed by atoms with Crippen LogP contribution in [0.15, 0.2) is 52.9 Å². The summed E-state index contributed by atoms with van der Waals surface area (Å²) in [5, 5.41) is 6.94. The van der Waals surface area contributed by atoms with Gasteiger partial charge in [-0.1, -0.05) is 37.6 Å². The topological polar surface area (TPSA) is 71.3 Å². The number of hydrogen-bond donors (Lipinski definition) is 2. The van der Waals surface area contributed by atoms with E-state index in [-0.39, 0.29) is 17.6 Å². The molecule has 0 aliphatic carbocycles. The van der Waals surface area contributed by atoms with Gasteiger partial charge in [-0.25, -0.2) is 0 Å². The normalized spacial score (nSPS) is 11.0. The molecule has 0 aliphatic rings. The van der Waals surface area contributed by atoms with Gasteiger partial charge in [0, 0.05) is 22.0 Å². The van der Waals surface area contributed by atoms with Crippen LogP contribution < -0.4 is 10.6 Å². The van der Waals surface area contributed by atoms with Crippen molar-refractivity contribution in [3.05, 3.63) is 59.3 Å². The largest absolute Gasteiger partial charge is 0.449 e. The highest BCUT2D eigenvalue weighted by Crippen LogP contribution is 2.32. The van der Waals surface area contributed by atoms with Crippen molar-refractivity contribution in [1.82, 2.24) is 0 Å². The number of rotatable bonds is 6. The van der Waals surface area contributed by atoms with Crippen LogP contribution in [0.3, 0.4) is 0 Å². The fourth-order valence-corrected chi connectivity index (χ4v) is 3.06. The minimum absolute atomic E-state index is 0.0745. The van der Waals surface area contributed by atoms with Crippen molar-refractivity contribution in [3.8, 4) is 0 Å². The number of hydrogen-bond acceptors (Lipinski definition) is 3. The van der Waals surface area contributed by atoms with Crippen LogP contribution in [-0.2, 0) is 4.79 Å². The SMILES string of the molecule is CCC(CC)C(=O)Nc1c(C(=O)Nc2ccc(Cl)cc2)oc2ccccc12. The number of carbonyl (C=O) groups excluding carboxylic acids is 2. The van der Waals surface area contributed by atoms with E-state index in [0.29, 0.717) is 27.4 Å². The summed E-state index contributed by atoms with van der Waals surface area (Å²) in [7, 11) is 0. The molecule has 0 saturated heterocycles. The molecule has 0 unspecified atom stereocenters. The Morgan fingerprint density at radius 1 is 1.00 bits per heavy atom. The third-order valence-corrected chi connectivity index (χ3v) is 4.76. The standard InChI is InChI=1S/C21H21ClN2O3/c1-3-13(4-2)20(25)24-18-16-7-5-6-8-17(16)27-19(18)21(26)23-15-11-9-14(22)10-12-15/h5-13H,3-4H2,1-2H3,(H,23,26)(H,24,25). The van der Waals surface area contributed by atoms with Crippen LogP contribution in [0, 0.1) is 5.92 Å². The second kappa shape index (κ2) is 8.27. The fraction of sp³-hybridized carbons (Fsp3) is 0.238. The average Bonchev–Trinajstić information content (AvgIpc) is 3.03. The van der Waals surface area contributed by atoms with Gasteiger partial charge in [0.2, 0.25) is 11.7 Å². The average molecular weight is 385 g/mol. The number of benzene rings is 2. The zero-order chi connectivity index (χ0) is 19.4. The third kappa shape index (κ3) is 4.14. The lowest BCUT2D eigenvalue weighted by atomic mass is 10.0. The molecule has 6 heteroatoms. The fourth-order valence-electron chi connectivity index (χ4n) is 2.94. The van der Waals surface area contributed by atoms with E-state index < -0.39 is 5.91 Å². The van der Waals surface area contributed by atoms with Crippen molar-refractivity contribution in [3.63, 3.8) is 0 Å². The Hall–Kier alpha value is -2.79. The summed E-state index contributed by atoms with van der Waals surface area (Å²) in [6, 6.07) is 14.0. The van der Waals surface area contributed by atoms with Crippen LogP contribution >= 0.6 is 11.6 Å². The first-order valence-electron chi connectivity index (χ1n) is 8.92. The molecule has 0 fully saturated rings. The second-order valence-electron chi connectivity index (χ2n) is 6.27. The van der Waals surface area contributed by atoms with E-state index >= 15 is 0 Å². The summed E-state index contributed by atoms with van der Waals surface area (Å²) in [4.78, 5) is 25.4. The van der Waals surface area contributed by atoms with Gasteiger partial charge in [0.15, 0.2) is 0 Å². The summed E-state index contributed by atoms with van der Waals surface area (Å²) < 4.78 is 5.75. The Kier molecular flexibility index (Phi) is 5.81. The Balaban J connectivity index is 1.95.